The van der Waals surface area contributed by atoms with Crippen LogP contribution in [0.25, 0.3) is 10.2 Å². The number of hydrogen-bond acceptors (Lipinski definition) is 12. The summed E-state index contributed by atoms with van der Waals surface area (Å²) in [6, 6.07) is 7.56. The number of aromatic nitrogens is 5. The van der Waals surface area contributed by atoms with Gasteiger partial charge in [0.05, 0.1) is 16.0 Å². The number of nitrogens with one attached hydrogen (secondary N) is 2. The summed E-state index contributed by atoms with van der Waals surface area (Å²) < 4.78 is 2.33. The summed E-state index contributed by atoms with van der Waals surface area (Å²) in [6.45, 7) is 2.03. The third kappa shape index (κ3) is 5.31. The Morgan fingerprint density at radius 1 is 0.933 bits per heavy atom. The van der Waals surface area contributed by atoms with E-state index in [4.69, 9.17) is 0 Å². The number of carbonyl (C=O) groups is 2. The van der Waals surface area contributed by atoms with Crippen molar-refractivity contribution in [3.8, 4) is 0 Å². The fraction of sp³-hybridized carbons (Fsp3) is 0.188. The third-order valence-electron chi connectivity index (χ3n) is 3.36. The predicted molar refractivity (Wildman–Crippen MR) is 123 cm³/mol. The van der Waals surface area contributed by atoms with Gasteiger partial charge in [-0.05, 0) is 17.9 Å². The van der Waals surface area contributed by atoms with Gasteiger partial charge in [0.25, 0.3) is 5.91 Å². The lowest BCUT2D eigenvalue weighted by atomic mass is 10.3. The van der Waals surface area contributed by atoms with Gasteiger partial charge in [0, 0.05) is 0 Å². The lowest BCUT2D eigenvalue weighted by molar-refractivity contribution is -0.113. The lowest BCUT2D eigenvalue weighted by Gasteiger charge is -1.98. The first kappa shape index (κ1) is 21.1. The molecule has 0 aliphatic carbocycles. The summed E-state index contributed by atoms with van der Waals surface area (Å²) >= 11 is 6.66. The molecule has 0 saturated heterocycles. The molecular formula is C16H13N7O2S5. The molecule has 2 amide bonds. The van der Waals surface area contributed by atoms with Crippen molar-refractivity contribution >= 4 is 89.8 Å². The van der Waals surface area contributed by atoms with E-state index >= 15 is 0 Å². The highest BCUT2D eigenvalue weighted by molar-refractivity contribution is 8.01. The number of anilines is 2. The molecule has 3 aromatic heterocycles. The number of carbonyl (C=O) groups excluding carboxylic acids is 2. The molecule has 4 aromatic rings. The van der Waals surface area contributed by atoms with Gasteiger partial charge in [-0.1, -0.05) is 65.3 Å². The Morgan fingerprint density at radius 3 is 2.37 bits per heavy atom. The van der Waals surface area contributed by atoms with Crippen molar-refractivity contribution < 1.29 is 9.59 Å². The second-order valence-corrected chi connectivity index (χ2v) is 11.2. The highest BCUT2D eigenvalue weighted by Gasteiger charge is 2.16. The van der Waals surface area contributed by atoms with E-state index in [9.17, 15) is 9.59 Å². The van der Waals surface area contributed by atoms with E-state index in [2.05, 4.69) is 36.0 Å². The number of rotatable bonds is 8. The maximum absolute atomic E-state index is 12.4. The van der Waals surface area contributed by atoms with Gasteiger partial charge in [-0.25, -0.2) is 4.98 Å². The van der Waals surface area contributed by atoms with E-state index < -0.39 is 0 Å². The minimum Gasteiger partial charge on any atom is -0.300 e. The predicted octanol–water partition coefficient (Wildman–Crippen LogP) is 4.09. The van der Waals surface area contributed by atoms with Crippen molar-refractivity contribution in [2.24, 2.45) is 0 Å². The van der Waals surface area contributed by atoms with Crippen molar-refractivity contribution in [1.29, 1.82) is 0 Å². The quantitative estimate of drug-likeness (QED) is 0.275. The molecule has 0 aliphatic rings. The molecule has 9 nitrogen and oxygen atoms in total. The van der Waals surface area contributed by atoms with Gasteiger partial charge >= 0.3 is 0 Å². The van der Waals surface area contributed by atoms with Crippen molar-refractivity contribution in [3.05, 3.63) is 29.3 Å². The van der Waals surface area contributed by atoms with E-state index in [1.54, 1.807) is 11.8 Å². The van der Waals surface area contributed by atoms with Crippen molar-refractivity contribution in [3.63, 3.8) is 0 Å². The Kier molecular flexibility index (Phi) is 6.89. The number of benzene rings is 1. The van der Waals surface area contributed by atoms with Gasteiger partial charge in [-0.2, -0.15) is 0 Å². The summed E-state index contributed by atoms with van der Waals surface area (Å²) in [5, 5.41) is 22.5. The summed E-state index contributed by atoms with van der Waals surface area (Å²) in [7, 11) is 0. The Balaban J connectivity index is 1.29. The molecule has 0 atom stereocenters. The third-order valence-corrected chi connectivity index (χ3v) is 8.22. The average molecular weight is 496 g/mol. The maximum atomic E-state index is 12.4. The van der Waals surface area contributed by atoms with Gasteiger partial charge in [0.15, 0.2) is 13.7 Å². The van der Waals surface area contributed by atoms with Crippen LogP contribution in [-0.2, 0) is 4.79 Å². The highest BCUT2D eigenvalue weighted by Crippen LogP contribution is 2.28. The first-order valence-corrected chi connectivity index (χ1v) is 12.9. The van der Waals surface area contributed by atoms with E-state index in [-0.39, 0.29) is 17.6 Å². The Labute approximate surface area is 191 Å². The molecular weight excluding hydrogens is 483 g/mol. The van der Waals surface area contributed by atoms with Crippen LogP contribution < -0.4 is 10.6 Å². The highest BCUT2D eigenvalue weighted by atomic mass is 32.2. The molecule has 0 fully saturated rings. The molecule has 3 heterocycles. The number of hydrogen-bond donors (Lipinski definition) is 2. The van der Waals surface area contributed by atoms with E-state index in [1.807, 2.05) is 31.2 Å². The SMILES string of the molecule is CCSc1nnc(NC(=O)CSc2nnc(NC(=O)c3nc4ccccc4s3)s2)s1. The zero-order valence-electron chi connectivity index (χ0n) is 15.3. The fourth-order valence-electron chi connectivity index (χ4n) is 2.16. The molecule has 0 radical (unpaired) electrons. The Bertz CT molecular complexity index is 1150. The average Bonchev–Trinajstić information content (AvgIpc) is 3.46. The summed E-state index contributed by atoms with van der Waals surface area (Å²) in [5.41, 5.74) is 0.781. The molecule has 0 spiro atoms. The van der Waals surface area contributed by atoms with Crippen molar-refractivity contribution in [1.82, 2.24) is 25.4 Å². The van der Waals surface area contributed by atoms with Crippen LogP contribution in [0.3, 0.4) is 0 Å². The number of para-hydroxylation sites is 1. The zero-order valence-corrected chi connectivity index (χ0v) is 19.4. The Hall–Kier alpha value is -2.13. The monoisotopic (exact) mass is 495 g/mol. The van der Waals surface area contributed by atoms with Crippen molar-refractivity contribution in [2.75, 3.05) is 22.1 Å². The van der Waals surface area contributed by atoms with Gasteiger partial charge < -0.3 is 0 Å². The van der Waals surface area contributed by atoms with Crippen LogP contribution >= 0.6 is 57.5 Å². The first-order chi connectivity index (χ1) is 14.6. The van der Waals surface area contributed by atoms with Crippen LogP contribution in [0, 0.1) is 0 Å². The first-order valence-electron chi connectivity index (χ1n) is 8.50. The Morgan fingerprint density at radius 2 is 1.63 bits per heavy atom. The summed E-state index contributed by atoms with van der Waals surface area (Å²) in [5.74, 6) is 0.502. The molecule has 1 aromatic carbocycles. The largest absolute Gasteiger partial charge is 0.300 e. The molecule has 0 saturated carbocycles. The van der Waals surface area contributed by atoms with Crippen LogP contribution in [0.15, 0.2) is 32.9 Å². The number of amides is 2. The van der Waals surface area contributed by atoms with Gasteiger partial charge in [0.2, 0.25) is 16.2 Å². The molecule has 0 aliphatic heterocycles. The number of thiazole rings is 1. The number of nitrogens with zero attached hydrogens (tertiary/aromatic N) is 5. The van der Waals surface area contributed by atoms with Crippen LogP contribution in [0.4, 0.5) is 10.3 Å². The minimum absolute atomic E-state index is 0.149. The van der Waals surface area contributed by atoms with Crippen LogP contribution in [0.2, 0.25) is 0 Å². The van der Waals surface area contributed by atoms with E-state index in [1.165, 1.54) is 45.8 Å². The van der Waals surface area contributed by atoms with Gasteiger partial charge in [-0.15, -0.1) is 31.7 Å². The van der Waals surface area contributed by atoms with Gasteiger partial charge in [0.1, 0.15) is 0 Å². The standard InChI is InChI=1S/C16H13N7O2S5/c1-2-26-15-22-20-13(29-15)18-10(24)7-27-16-23-21-14(30-16)19-11(25)12-17-8-5-3-4-6-9(8)28-12/h3-6H,2,7H2,1H3,(H,18,20,24)(H,19,21,25). The molecule has 4 rings (SSSR count). The molecule has 30 heavy (non-hydrogen) atoms. The molecule has 154 valence electrons. The second-order valence-electron chi connectivity index (χ2n) is 5.46. The van der Waals surface area contributed by atoms with Crippen LogP contribution in [-0.4, -0.2) is 48.7 Å². The lowest BCUT2D eigenvalue weighted by Crippen LogP contribution is -2.13. The maximum Gasteiger partial charge on any atom is 0.286 e. The number of fused-ring (bicyclic) bond motifs is 1. The topological polar surface area (TPSA) is 123 Å². The minimum atomic E-state index is -0.335. The van der Waals surface area contributed by atoms with Crippen LogP contribution in [0.5, 0.6) is 0 Å². The molecule has 0 unspecified atom stereocenters. The summed E-state index contributed by atoms with van der Waals surface area (Å²) in [6.07, 6.45) is 0. The van der Waals surface area contributed by atoms with E-state index in [0.29, 0.717) is 19.6 Å². The van der Waals surface area contributed by atoms with E-state index in [0.717, 1.165) is 20.3 Å². The fourth-order valence-corrected chi connectivity index (χ4v) is 6.24. The zero-order chi connectivity index (χ0) is 20.9. The van der Waals surface area contributed by atoms with Gasteiger partial charge in [-0.3, -0.25) is 20.2 Å². The second kappa shape index (κ2) is 9.78. The molecule has 0 bridgehead atoms. The summed E-state index contributed by atoms with van der Waals surface area (Å²) in [4.78, 5) is 28.8. The molecule has 14 heteroatoms. The normalized spacial score (nSPS) is 11.0. The molecule has 2 N–H and O–H groups in total. The number of thioether (sulfide) groups is 2. The smallest absolute Gasteiger partial charge is 0.286 e. The van der Waals surface area contributed by atoms with Crippen LogP contribution in [0.1, 0.15) is 16.7 Å². The van der Waals surface area contributed by atoms with Crippen molar-refractivity contribution in [2.45, 2.75) is 15.6 Å².